The van der Waals surface area contributed by atoms with Gasteiger partial charge in [-0.15, -0.1) is 0 Å². The molecule has 1 rings (SSSR count). The molecule has 0 saturated carbocycles. The van der Waals surface area contributed by atoms with Crippen LogP contribution in [-0.2, 0) is 6.42 Å². The summed E-state index contributed by atoms with van der Waals surface area (Å²) in [5.74, 6) is -0.942. The minimum Gasteiger partial charge on any atom is -0.396 e. The fourth-order valence-electron chi connectivity index (χ4n) is 1.15. The smallest absolute Gasteiger partial charge is 0.243 e. The van der Waals surface area contributed by atoms with E-state index in [0.717, 1.165) is 5.56 Å². The minimum absolute atomic E-state index is 0.231. The van der Waals surface area contributed by atoms with Gasteiger partial charge in [0, 0.05) is 5.92 Å². The van der Waals surface area contributed by atoms with E-state index in [1.54, 1.807) is 24.3 Å². The Hall–Kier alpha value is -0.960. The molecule has 0 radical (unpaired) electrons. The van der Waals surface area contributed by atoms with Crippen LogP contribution in [0, 0.1) is 5.92 Å². The van der Waals surface area contributed by atoms with Crippen molar-refractivity contribution in [2.24, 2.45) is 5.92 Å². The molecule has 0 aliphatic carbocycles. The number of aliphatic hydroxyl groups is 1. The molecular formula is C10H12F2O. The van der Waals surface area contributed by atoms with Gasteiger partial charge in [0.1, 0.15) is 0 Å². The number of hydrogen-bond acceptors (Lipinski definition) is 1. The summed E-state index contributed by atoms with van der Waals surface area (Å²) in [7, 11) is 0. The van der Waals surface area contributed by atoms with Gasteiger partial charge < -0.3 is 5.11 Å². The third-order valence-corrected chi connectivity index (χ3v) is 1.93. The van der Waals surface area contributed by atoms with Crippen molar-refractivity contribution in [1.82, 2.24) is 0 Å². The van der Waals surface area contributed by atoms with Crippen molar-refractivity contribution in [3.05, 3.63) is 35.9 Å². The van der Waals surface area contributed by atoms with E-state index >= 15 is 0 Å². The molecule has 0 saturated heterocycles. The van der Waals surface area contributed by atoms with Gasteiger partial charge in [-0.2, -0.15) is 0 Å². The molecule has 1 atom stereocenters. The Labute approximate surface area is 76.0 Å². The Kier molecular flexibility index (Phi) is 3.83. The van der Waals surface area contributed by atoms with Crippen LogP contribution in [0.5, 0.6) is 0 Å². The number of benzene rings is 1. The number of rotatable bonds is 4. The zero-order valence-electron chi connectivity index (χ0n) is 7.16. The van der Waals surface area contributed by atoms with Crippen LogP contribution in [0.4, 0.5) is 8.78 Å². The van der Waals surface area contributed by atoms with Crippen molar-refractivity contribution in [2.45, 2.75) is 12.8 Å². The summed E-state index contributed by atoms with van der Waals surface area (Å²) in [5, 5.41) is 8.68. The standard InChI is InChI=1S/C10H12F2O/c11-10(12)9(7-13)6-8-4-2-1-3-5-8/h1-5,9-10,13H,6-7H2. The zero-order valence-corrected chi connectivity index (χ0v) is 7.16. The normalized spacial score (nSPS) is 13.2. The number of hydrogen-bond donors (Lipinski definition) is 1. The average molecular weight is 186 g/mol. The summed E-state index contributed by atoms with van der Waals surface area (Å²) in [6, 6.07) is 9.00. The SMILES string of the molecule is OCC(Cc1ccccc1)C(F)F. The van der Waals surface area contributed by atoms with Crippen LogP contribution in [0.25, 0.3) is 0 Å². The van der Waals surface area contributed by atoms with E-state index in [-0.39, 0.29) is 6.42 Å². The quantitative estimate of drug-likeness (QED) is 0.763. The monoisotopic (exact) mass is 186 g/mol. The van der Waals surface area contributed by atoms with Gasteiger partial charge in [-0.25, -0.2) is 8.78 Å². The molecule has 1 nitrogen and oxygen atoms in total. The predicted molar refractivity (Wildman–Crippen MR) is 46.7 cm³/mol. The van der Waals surface area contributed by atoms with Gasteiger partial charge >= 0.3 is 0 Å². The van der Waals surface area contributed by atoms with Crippen molar-refractivity contribution < 1.29 is 13.9 Å². The van der Waals surface area contributed by atoms with Crippen LogP contribution in [0.1, 0.15) is 5.56 Å². The van der Waals surface area contributed by atoms with E-state index in [9.17, 15) is 8.78 Å². The maximum Gasteiger partial charge on any atom is 0.243 e. The summed E-state index contributed by atoms with van der Waals surface area (Å²) in [6.07, 6.45) is -2.22. The summed E-state index contributed by atoms with van der Waals surface area (Å²) in [6.45, 7) is -0.466. The Morgan fingerprint density at radius 2 is 1.77 bits per heavy atom. The molecule has 0 aromatic heterocycles. The lowest BCUT2D eigenvalue weighted by Crippen LogP contribution is -2.18. The molecule has 13 heavy (non-hydrogen) atoms. The molecule has 3 heteroatoms. The maximum absolute atomic E-state index is 12.2. The van der Waals surface area contributed by atoms with Gasteiger partial charge in [0.15, 0.2) is 0 Å². The predicted octanol–water partition coefficient (Wildman–Crippen LogP) is 2.10. The van der Waals surface area contributed by atoms with Crippen LogP contribution in [0.2, 0.25) is 0 Å². The Morgan fingerprint density at radius 1 is 1.15 bits per heavy atom. The molecule has 1 aromatic rings. The van der Waals surface area contributed by atoms with Crippen LogP contribution in [-0.4, -0.2) is 18.1 Å². The maximum atomic E-state index is 12.2. The van der Waals surface area contributed by atoms with Crippen LogP contribution in [0.3, 0.4) is 0 Å². The Morgan fingerprint density at radius 3 is 2.23 bits per heavy atom. The van der Waals surface area contributed by atoms with E-state index in [1.807, 2.05) is 6.07 Å². The summed E-state index contributed by atoms with van der Waals surface area (Å²) < 4.78 is 24.5. The zero-order chi connectivity index (χ0) is 9.68. The van der Waals surface area contributed by atoms with Crippen molar-refractivity contribution in [3.63, 3.8) is 0 Å². The first kappa shape index (κ1) is 10.1. The van der Waals surface area contributed by atoms with Crippen molar-refractivity contribution in [1.29, 1.82) is 0 Å². The molecule has 0 spiro atoms. The van der Waals surface area contributed by atoms with Crippen molar-refractivity contribution in [2.75, 3.05) is 6.61 Å². The average Bonchev–Trinajstić information content (AvgIpc) is 2.15. The minimum atomic E-state index is -2.45. The van der Waals surface area contributed by atoms with Crippen molar-refractivity contribution in [3.8, 4) is 0 Å². The van der Waals surface area contributed by atoms with Gasteiger partial charge in [-0.05, 0) is 12.0 Å². The van der Waals surface area contributed by atoms with Crippen LogP contribution in [0.15, 0.2) is 30.3 Å². The number of alkyl halides is 2. The second-order valence-corrected chi connectivity index (χ2v) is 2.97. The highest BCUT2D eigenvalue weighted by Gasteiger charge is 2.19. The third kappa shape index (κ3) is 3.11. The molecule has 1 aromatic carbocycles. The van der Waals surface area contributed by atoms with Crippen molar-refractivity contribution >= 4 is 0 Å². The van der Waals surface area contributed by atoms with E-state index in [1.165, 1.54) is 0 Å². The number of aliphatic hydroxyl groups excluding tert-OH is 1. The van der Waals surface area contributed by atoms with E-state index < -0.39 is 19.0 Å². The van der Waals surface area contributed by atoms with Gasteiger partial charge in [-0.1, -0.05) is 30.3 Å². The lowest BCUT2D eigenvalue weighted by Gasteiger charge is -2.12. The fourth-order valence-corrected chi connectivity index (χ4v) is 1.15. The highest BCUT2D eigenvalue weighted by atomic mass is 19.3. The second-order valence-electron chi connectivity index (χ2n) is 2.97. The molecule has 0 fully saturated rings. The molecule has 1 N–H and O–H groups in total. The van der Waals surface area contributed by atoms with E-state index in [0.29, 0.717) is 0 Å². The van der Waals surface area contributed by atoms with E-state index in [2.05, 4.69) is 0 Å². The molecule has 0 amide bonds. The fraction of sp³-hybridized carbons (Fsp3) is 0.400. The molecule has 0 bridgehead atoms. The Balaban J connectivity index is 2.57. The molecule has 0 aliphatic heterocycles. The highest BCUT2D eigenvalue weighted by molar-refractivity contribution is 5.15. The van der Waals surface area contributed by atoms with Crippen LogP contribution >= 0.6 is 0 Å². The highest BCUT2D eigenvalue weighted by Crippen LogP contribution is 2.15. The first-order valence-electron chi connectivity index (χ1n) is 4.17. The molecule has 0 heterocycles. The first-order chi connectivity index (χ1) is 6.24. The lowest BCUT2D eigenvalue weighted by molar-refractivity contribution is 0.0418. The largest absolute Gasteiger partial charge is 0.396 e. The van der Waals surface area contributed by atoms with Gasteiger partial charge in [0.25, 0.3) is 0 Å². The summed E-state index contributed by atoms with van der Waals surface area (Å²) in [5.41, 5.74) is 0.835. The third-order valence-electron chi connectivity index (χ3n) is 1.93. The summed E-state index contributed by atoms with van der Waals surface area (Å²) >= 11 is 0. The Bertz CT molecular complexity index is 236. The molecule has 72 valence electrons. The molecule has 1 unspecified atom stereocenters. The number of halogens is 2. The van der Waals surface area contributed by atoms with Crippen LogP contribution < -0.4 is 0 Å². The topological polar surface area (TPSA) is 20.2 Å². The van der Waals surface area contributed by atoms with Gasteiger partial charge in [0.2, 0.25) is 6.43 Å². The second kappa shape index (κ2) is 4.92. The molecule has 0 aliphatic rings. The molecular weight excluding hydrogens is 174 g/mol. The lowest BCUT2D eigenvalue weighted by atomic mass is 10.0. The van der Waals surface area contributed by atoms with E-state index in [4.69, 9.17) is 5.11 Å². The summed E-state index contributed by atoms with van der Waals surface area (Å²) in [4.78, 5) is 0. The first-order valence-corrected chi connectivity index (χ1v) is 4.17. The van der Waals surface area contributed by atoms with Gasteiger partial charge in [-0.3, -0.25) is 0 Å². The van der Waals surface area contributed by atoms with Gasteiger partial charge in [0.05, 0.1) is 6.61 Å².